The highest BCUT2D eigenvalue weighted by atomic mass is 16.5. The van der Waals surface area contributed by atoms with Crippen LogP contribution >= 0.6 is 0 Å². The van der Waals surface area contributed by atoms with Gasteiger partial charge in [-0.25, -0.2) is 0 Å². The van der Waals surface area contributed by atoms with E-state index >= 15 is 0 Å². The molecule has 4 rings (SSSR count). The highest BCUT2D eigenvalue weighted by Crippen LogP contribution is 2.40. The standard InChI is InChI=1S/C24H25N3O3/c28-22(26-17-24(13-7-8-14-24)19-11-5-2-6-12-19)16-25-23(29)20-15-21(30-27-20)18-9-3-1-4-10-18/h1-6,9-12,15H,7-8,13-14,16-17H2,(H,25,29)(H,26,28). The van der Waals surface area contributed by atoms with Gasteiger partial charge in [-0.2, -0.15) is 0 Å². The van der Waals surface area contributed by atoms with Crippen LogP contribution in [0.1, 0.15) is 41.7 Å². The Balaban J connectivity index is 1.31. The zero-order valence-corrected chi connectivity index (χ0v) is 16.8. The van der Waals surface area contributed by atoms with Crippen molar-refractivity contribution in [3.8, 4) is 11.3 Å². The van der Waals surface area contributed by atoms with Crippen LogP contribution in [0, 0.1) is 0 Å². The summed E-state index contributed by atoms with van der Waals surface area (Å²) in [6.45, 7) is 0.477. The third-order valence-corrected chi connectivity index (χ3v) is 5.78. The van der Waals surface area contributed by atoms with E-state index in [1.54, 1.807) is 6.07 Å². The van der Waals surface area contributed by atoms with Crippen LogP contribution in [0.4, 0.5) is 0 Å². The fourth-order valence-corrected chi connectivity index (χ4v) is 4.11. The molecule has 1 heterocycles. The molecule has 0 bridgehead atoms. The molecule has 1 saturated carbocycles. The predicted molar refractivity (Wildman–Crippen MR) is 114 cm³/mol. The second-order valence-electron chi connectivity index (χ2n) is 7.76. The number of carbonyl (C=O) groups excluding carboxylic acids is 2. The Hall–Kier alpha value is -3.41. The number of nitrogens with zero attached hydrogens (tertiary/aromatic N) is 1. The van der Waals surface area contributed by atoms with Crippen LogP contribution in [0.15, 0.2) is 71.3 Å². The molecule has 154 valence electrons. The predicted octanol–water partition coefficient (Wildman–Crippen LogP) is 3.70. The summed E-state index contributed by atoms with van der Waals surface area (Å²) < 4.78 is 5.24. The van der Waals surface area contributed by atoms with E-state index in [0.29, 0.717) is 12.3 Å². The largest absolute Gasteiger partial charge is 0.355 e. The first-order chi connectivity index (χ1) is 14.7. The second kappa shape index (κ2) is 8.95. The van der Waals surface area contributed by atoms with Crippen molar-refractivity contribution in [2.45, 2.75) is 31.1 Å². The topological polar surface area (TPSA) is 84.2 Å². The summed E-state index contributed by atoms with van der Waals surface area (Å²) in [7, 11) is 0. The lowest BCUT2D eigenvalue weighted by molar-refractivity contribution is -0.120. The monoisotopic (exact) mass is 403 g/mol. The molecule has 0 radical (unpaired) electrons. The molecule has 2 N–H and O–H groups in total. The van der Waals surface area contributed by atoms with Crippen LogP contribution in [0.25, 0.3) is 11.3 Å². The SMILES string of the molecule is O=C(CNC(=O)c1cc(-c2ccccc2)on1)NCC1(c2ccccc2)CCCC1. The lowest BCUT2D eigenvalue weighted by Crippen LogP contribution is -2.43. The van der Waals surface area contributed by atoms with Gasteiger partial charge < -0.3 is 15.2 Å². The van der Waals surface area contributed by atoms with Crippen LogP contribution in [-0.4, -0.2) is 30.1 Å². The Morgan fingerprint density at radius 1 is 0.933 bits per heavy atom. The Labute approximate surface area is 175 Å². The molecule has 1 fully saturated rings. The Kier molecular flexibility index (Phi) is 5.93. The first kappa shape index (κ1) is 19.9. The maximum absolute atomic E-state index is 12.4. The summed E-state index contributed by atoms with van der Waals surface area (Å²) in [4.78, 5) is 24.7. The minimum atomic E-state index is -0.435. The van der Waals surface area contributed by atoms with Gasteiger partial charge in [0.1, 0.15) is 0 Å². The molecule has 0 spiro atoms. The number of carbonyl (C=O) groups is 2. The Morgan fingerprint density at radius 2 is 1.60 bits per heavy atom. The molecule has 0 atom stereocenters. The van der Waals surface area contributed by atoms with Gasteiger partial charge in [0, 0.05) is 23.6 Å². The van der Waals surface area contributed by atoms with Gasteiger partial charge in [-0.1, -0.05) is 78.7 Å². The van der Waals surface area contributed by atoms with E-state index in [9.17, 15) is 9.59 Å². The number of hydrogen-bond donors (Lipinski definition) is 2. The maximum Gasteiger partial charge on any atom is 0.273 e. The van der Waals surface area contributed by atoms with Crippen molar-refractivity contribution in [3.05, 3.63) is 78.0 Å². The lowest BCUT2D eigenvalue weighted by atomic mass is 9.79. The van der Waals surface area contributed by atoms with Crippen LogP contribution in [0.3, 0.4) is 0 Å². The average molecular weight is 403 g/mol. The summed E-state index contributed by atoms with van der Waals surface area (Å²) in [5, 5.41) is 9.43. The van der Waals surface area contributed by atoms with Crippen LogP contribution < -0.4 is 10.6 Å². The summed E-state index contributed by atoms with van der Waals surface area (Å²) in [6, 6.07) is 21.4. The first-order valence-electron chi connectivity index (χ1n) is 10.3. The zero-order valence-electron chi connectivity index (χ0n) is 16.8. The zero-order chi connectivity index (χ0) is 20.8. The van der Waals surface area contributed by atoms with Gasteiger partial charge in [-0.3, -0.25) is 9.59 Å². The minimum absolute atomic E-state index is 0.0162. The number of benzene rings is 2. The van der Waals surface area contributed by atoms with Crippen LogP contribution in [0.2, 0.25) is 0 Å². The summed E-state index contributed by atoms with van der Waals surface area (Å²) >= 11 is 0. The fourth-order valence-electron chi connectivity index (χ4n) is 4.11. The van der Waals surface area contributed by atoms with E-state index < -0.39 is 5.91 Å². The molecule has 1 aromatic heterocycles. The quantitative estimate of drug-likeness (QED) is 0.630. The molecule has 1 aliphatic rings. The second-order valence-corrected chi connectivity index (χ2v) is 7.76. The van der Waals surface area contributed by atoms with Crippen molar-refractivity contribution in [3.63, 3.8) is 0 Å². The van der Waals surface area contributed by atoms with E-state index in [1.807, 2.05) is 48.5 Å². The highest BCUT2D eigenvalue weighted by Gasteiger charge is 2.35. The highest BCUT2D eigenvalue weighted by molar-refractivity contribution is 5.95. The summed E-state index contributed by atoms with van der Waals surface area (Å²) in [5.74, 6) is -0.136. The Bertz CT molecular complexity index is 993. The smallest absolute Gasteiger partial charge is 0.273 e. The molecule has 6 nitrogen and oxygen atoms in total. The molecule has 3 aromatic rings. The molecule has 0 aliphatic heterocycles. The number of nitrogens with one attached hydrogen (secondary N) is 2. The number of hydrogen-bond acceptors (Lipinski definition) is 4. The van der Waals surface area contributed by atoms with E-state index in [1.165, 1.54) is 5.56 Å². The number of aromatic nitrogens is 1. The summed E-state index contributed by atoms with van der Waals surface area (Å²) in [6.07, 6.45) is 4.45. The van der Waals surface area contributed by atoms with Gasteiger partial charge in [0.15, 0.2) is 11.5 Å². The molecule has 0 unspecified atom stereocenters. The van der Waals surface area contributed by atoms with Gasteiger partial charge >= 0.3 is 0 Å². The van der Waals surface area contributed by atoms with E-state index in [0.717, 1.165) is 31.2 Å². The fraction of sp³-hybridized carbons (Fsp3) is 0.292. The molecular weight excluding hydrogens is 378 g/mol. The average Bonchev–Trinajstić information content (AvgIpc) is 3.48. The molecule has 6 heteroatoms. The number of amides is 2. The van der Waals surface area contributed by atoms with Crippen molar-refractivity contribution in [1.82, 2.24) is 15.8 Å². The first-order valence-corrected chi connectivity index (χ1v) is 10.3. The minimum Gasteiger partial charge on any atom is -0.355 e. The molecule has 30 heavy (non-hydrogen) atoms. The van der Waals surface area contributed by atoms with E-state index in [4.69, 9.17) is 4.52 Å². The van der Waals surface area contributed by atoms with Crippen molar-refractivity contribution < 1.29 is 14.1 Å². The maximum atomic E-state index is 12.4. The normalized spacial score (nSPS) is 14.9. The number of rotatable bonds is 7. The van der Waals surface area contributed by atoms with Crippen LogP contribution in [-0.2, 0) is 10.2 Å². The third kappa shape index (κ3) is 4.43. The van der Waals surface area contributed by atoms with Gasteiger partial charge in [-0.15, -0.1) is 0 Å². The summed E-state index contributed by atoms with van der Waals surface area (Å²) in [5.41, 5.74) is 2.24. The van der Waals surface area contributed by atoms with Crippen LogP contribution in [0.5, 0.6) is 0 Å². The lowest BCUT2D eigenvalue weighted by Gasteiger charge is -2.30. The van der Waals surface area contributed by atoms with Crippen molar-refractivity contribution in [2.75, 3.05) is 13.1 Å². The molecule has 2 amide bonds. The Morgan fingerprint density at radius 3 is 2.30 bits per heavy atom. The van der Waals surface area contributed by atoms with Gasteiger partial charge in [-0.05, 0) is 18.4 Å². The van der Waals surface area contributed by atoms with E-state index in [-0.39, 0.29) is 23.6 Å². The molecule has 0 saturated heterocycles. The third-order valence-electron chi connectivity index (χ3n) is 5.78. The van der Waals surface area contributed by atoms with Gasteiger partial charge in [0.25, 0.3) is 5.91 Å². The van der Waals surface area contributed by atoms with Crippen molar-refractivity contribution in [2.24, 2.45) is 0 Å². The van der Waals surface area contributed by atoms with Gasteiger partial charge in [0.05, 0.1) is 6.54 Å². The molecule has 2 aromatic carbocycles. The van der Waals surface area contributed by atoms with Crippen molar-refractivity contribution >= 4 is 11.8 Å². The molecular formula is C24H25N3O3. The van der Waals surface area contributed by atoms with Crippen molar-refractivity contribution in [1.29, 1.82) is 0 Å². The molecule has 1 aliphatic carbocycles. The van der Waals surface area contributed by atoms with Gasteiger partial charge in [0.2, 0.25) is 5.91 Å². The van der Waals surface area contributed by atoms with E-state index in [2.05, 4.69) is 27.9 Å².